The Kier molecular flexibility index (Phi) is 6.34. The average molecular weight is 416 g/mol. The standard InChI is InChI=1S/C21H24N2O5S/c1-15-2-4-16(5-3-15)10-12-22-29(27,28)18-6-7-19-17(14-18)11-13-23(19)20(24)8-9-21(25)26/h2-7,14,22H,8-13H2,1H3,(H,25,26). The van der Waals surface area contributed by atoms with Crippen LogP contribution >= 0.6 is 0 Å². The lowest BCUT2D eigenvalue weighted by Crippen LogP contribution is -2.29. The first kappa shape index (κ1) is 21.0. The van der Waals surface area contributed by atoms with Crippen molar-refractivity contribution in [2.24, 2.45) is 0 Å². The quantitative estimate of drug-likeness (QED) is 0.687. The lowest BCUT2D eigenvalue weighted by Gasteiger charge is -2.17. The van der Waals surface area contributed by atoms with Gasteiger partial charge in [-0.2, -0.15) is 0 Å². The molecule has 0 spiro atoms. The molecular weight excluding hydrogens is 392 g/mol. The minimum absolute atomic E-state index is 0.0740. The Hall–Kier alpha value is -2.71. The van der Waals surface area contributed by atoms with E-state index in [1.807, 2.05) is 31.2 Å². The first-order valence-corrected chi connectivity index (χ1v) is 10.9. The van der Waals surface area contributed by atoms with Gasteiger partial charge in [0.05, 0.1) is 11.3 Å². The van der Waals surface area contributed by atoms with Crippen LogP contribution in [0.1, 0.15) is 29.5 Å². The molecule has 0 aromatic heterocycles. The van der Waals surface area contributed by atoms with Gasteiger partial charge in [-0.1, -0.05) is 29.8 Å². The van der Waals surface area contributed by atoms with Crippen molar-refractivity contribution in [1.82, 2.24) is 4.72 Å². The van der Waals surface area contributed by atoms with Crippen LogP contribution in [0.4, 0.5) is 5.69 Å². The summed E-state index contributed by atoms with van der Waals surface area (Å²) in [5.41, 5.74) is 3.64. The number of carbonyl (C=O) groups is 2. The van der Waals surface area contributed by atoms with E-state index in [0.29, 0.717) is 31.6 Å². The summed E-state index contributed by atoms with van der Waals surface area (Å²) in [5, 5.41) is 8.74. The highest BCUT2D eigenvalue weighted by molar-refractivity contribution is 7.89. The molecule has 1 aliphatic rings. The molecule has 1 heterocycles. The molecule has 1 aliphatic heterocycles. The number of rotatable bonds is 8. The summed E-state index contributed by atoms with van der Waals surface area (Å²) in [6.45, 7) is 2.72. The average Bonchev–Trinajstić information content (AvgIpc) is 3.11. The van der Waals surface area contributed by atoms with Gasteiger partial charge in [-0.3, -0.25) is 9.59 Å². The van der Waals surface area contributed by atoms with Crippen LogP contribution < -0.4 is 9.62 Å². The van der Waals surface area contributed by atoms with E-state index in [0.717, 1.165) is 16.7 Å². The number of sulfonamides is 1. The summed E-state index contributed by atoms with van der Waals surface area (Å²) in [6, 6.07) is 12.6. The molecule has 8 heteroatoms. The molecule has 29 heavy (non-hydrogen) atoms. The Morgan fingerprint density at radius 2 is 1.83 bits per heavy atom. The third-order valence-corrected chi connectivity index (χ3v) is 6.40. The summed E-state index contributed by atoms with van der Waals surface area (Å²) in [6.07, 6.45) is 0.842. The zero-order valence-corrected chi connectivity index (χ0v) is 17.0. The number of amides is 1. The van der Waals surface area contributed by atoms with Gasteiger partial charge in [-0.25, -0.2) is 13.1 Å². The highest BCUT2D eigenvalue weighted by Gasteiger charge is 2.26. The normalized spacial score (nSPS) is 13.3. The molecule has 0 bridgehead atoms. The monoisotopic (exact) mass is 416 g/mol. The van der Waals surface area contributed by atoms with Crippen molar-refractivity contribution < 1.29 is 23.1 Å². The van der Waals surface area contributed by atoms with Crippen LogP contribution in [0.5, 0.6) is 0 Å². The SMILES string of the molecule is Cc1ccc(CCNS(=O)(=O)c2ccc3c(c2)CCN3C(=O)CCC(=O)O)cc1. The molecule has 0 unspecified atom stereocenters. The maximum absolute atomic E-state index is 12.6. The van der Waals surface area contributed by atoms with Crippen molar-refractivity contribution >= 4 is 27.6 Å². The predicted molar refractivity (Wildman–Crippen MR) is 109 cm³/mol. The Balaban J connectivity index is 1.64. The summed E-state index contributed by atoms with van der Waals surface area (Å²) in [7, 11) is -3.65. The fraction of sp³-hybridized carbons (Fsp3) is 0.333. The number of benzene rings is 2. The van der Waals surface area contributed by atoms with E-state index in [4.69, 9.17) is 5.11 Å². The molecule has 0 saturated heterocycles. The van der Waals surface area contributed by atoms with E-state index in [9.17, 15) is 18.0 Å². The molecule has 2 aromatic rings. The molecular formula is C21H24N2O5S. The lowest BCUT2D eigenvalue weighted by atomic mass is 10.1. The van der Waals surface area contributed by atoms with Crippen LogP contribution in [-0.4, -0.2) is 38.5 Å². The van der Waals surface area contributed by atoms with Crippen molar-refractivity contribution in [3.8, 4) is 0 Å². The van der Waals surface area contributed by atoms with E-state index >= 15 is 0 Å². The van der Waals surface area contributed by atoms with Crippen molar-refractivity contribution in [2.45, 2.75) is 37.5 Å². The van der Waals surface area contributed by atoms with Crippen LogP contribution in [-0.2, 0) is 32.5 Å². The second-order valence-corrected chi connectivity index (χ2v) is 8.88. The van der Waals surface area contributed by atoms with Crippen LogP contribution in [0.2, 0.25) is 0 Å². The smallest absolute Gasteiger partial charge is 0.303 e. The number of nitrogens with one attached hydrogen (secondary N) is 1. The molecule has 0 fully saturated rings. The van der Waals surface area contributed by atoms with Crippen LogP contribution in [0.15, 0.2) is 47.4 Å². The number of nitrogens with zero attached hydrogens (tertiary/aromatic N) is 1. The van der Waals surface area contributed by atoms with Gasteiger partial charge in [-0.05, 0) is 49.1 Å². The maximum Gasteiger partial charge on any atom is 0.303 e. The van der Waals surface area contributed by atoms with Gasteiger partial charge in [0.25, 0.3) is 0 Å². The Bertz CT molecular complexity index is 1020. The first-order valence-electron chi connectivity index (χ1n) is 9.46. The summed E-state index contributed by atoms with van der Waals surface area (Å²) < 4.78 is 27.8. The summed E-state index contributed by atoms with van der Waals surface area (Å²) in [5.74, 6) is -1.28. The van der Waals surface area contributed by atoms with Crippen LogP contribution in [0.25, 0.3) is 0 Å². The molecule has 0 aliphatic carbocycles. The van der Waals surface area contributed by atoms with Crippen molar-refractivity contribution in [1.29, 1.82) is 0 Å². The molecule has 0 saturated carbocycles. The van der Waals surface area contributed by atoms with Crippen LogP contribution in [0, 0.1) is 6.92 Å². The Morgan fingerprint density at radius 3 is 2.52 bits per heavy atom. The largest absolute Gasteiger partial charge is 0.481 e. The number of carbonyl (C=O) groups excluding carboxylic acids is 1. The van der Waals surface area contributed by atoms with Gasteiger partial charge in [0.1, 0.15) is 0 Å². The van der Waals surface area contributed by atoms with E-state index in [1.54, 1.807) is 12.1 Å². The highest BCUT2D eigenvalue weighted by atomic mass is 32.2. The lowest BCUT2D eigenvalue weighted by molar-refractivity contribution is -0.138. The van der Waals surface area contributed by atoms with Crippen molar-refractivity contribution in [2.75, 3.05) is 18.0 Å². The van der Waals surface area contributed by atoms with Crippen molar-refractivity contribution in [3.05, 3.63) is 59.2 Å². The fourth-order valence-corrected chi connectivity index (χ4v) is 4.40. The van der Waals surface area contributed by atoms with Gasteiger partial charge in [-0.15, -0.1) is 0 Å². The van der Waals surface area contributed by atoms with Gasteiger partial charge in [0.15, 0.2) is 0 Å². The number of aliphatic carboxylic acids is 1. The second kappa shape index (κ2) is 8.75. The zero-order chi connectivity index (χ0) is 21.0. The van der Waals surface area contributed by atoms with Gasteiger partial charge < -0.3 is 10.0 Å². The van der Waals surface area contributed by atoms with E-state index in [1.165, 1.54) is 11.0 Å². The highest BCUT2D eigenvalue weighted by Crippen LogP contribution is 2.30. The van der Waals surface area contributed by atoms with E-state index < -0.39 is 16.0 Å². The van der Waals surface area contributed by atoms with Crippen molar-refractivity contribution in [3.63, 3.8) is 0 Å². The van der Waals surface area contributed by atoms with E-state index in [2.05, 4.69) is 4.72 Å². The minimum atomic E-state index is -3.65. The van der Waals surface area contributed by atoms with Crippen LogP contribution in [0.3, 0.4) is 0 Å². The first-order chi connectivity index (χ1) is 13.8. The van der Waals surface area contributed by atoms with Gasteiger partial charge in [0, 0.05) is 25.2 Å². The third-order valence-electron chi connectivity index (χ3n) is 4.94. The Morgan fingerprint density at radius 1 is 1.10 bits per heavy atom. The van der Waals surface area contributed by atoms with Gasteiger partial charge in [0.2, 0.25) is 15.9 Å². The predicted octanol–water partition coefficient (Wildman–Crippen LogP) is 2.27. The molecule has 0 atom stereocenters. The van der Waals surface area contributed by atoms with E-state index in [-0.39, 0.29) is 23.6 Å². The van der Waals surface area contributed by atoms with Gasteiger partial charge >= 0.3 is 5.97 Å². The number of hydrogen-bond donors (Lipinski definition) is 2. The topological polar surface area (TPSA) is 104 Å². The minimum Gasteiger partial charge on any atom is -0.481 e. The summed E-state index contributed by atoms with van der Waals surface area (Å²) in [4.78, 5) is 24.6. The number of carboxylic acids is 1. The molecule has 154 valence electrons. The molecule has 2 aromatic carbocycles. The zero-order valence-electron chi connectivity index (χ0n) is 16.2. The Labute approximate surface area is 170 Å². The molecule has 7 nitrogen and oxygen atoms in total. The molecule has 1 amide bonds. The number of carboxylic acid groups (broad SMARTS) is 1. The number of hydrogen-bond acceptors (Lipinski definition) is 4. The third kappa shape index (κ3) is 5.21. The second-order valence-electron chi connectivity index (χ2n) is 7.11. The molecule has 2 N–H and O–H groups in total. The summed E-state index contributed by atoms with van der Waals surface area (Å²) >= 11 is 0. The molecule has 3 rings (SSSR count). The maximum atomic E-state index is 12.6. The number of anilines is 1. The molecule has 0 radical (unpaired) electrons. The fourth-order valence-electron chi connectivity index (χ4n) is 3.32. The number of fused-ring (bicyclic) bond motifs is 1. The number of aryl methyl sites for hydroxylation is 1.